The summed E-state index contributed by atoms with van der Waals surface area (Å²) in [6.45, 7) is 7.44. The Kier molecular flexibility index (Phi) is 5.25. The van der Waals surface area contributed by atoms with Crippen molar-refractivity contribution in [2.24, 2.45) is 5.10 Å². The minimum atomic E-state index is -0.522. The molecule has 1 aromatic carbocycles. The van der Waals surface area contributed by atoms with Gasteiger partial charge in [-0.15, -0.1) is 0 Å². The fourth-order valence-electron chi connectivity index (χ4n) is 3.63. The molecular weight excluding hydrogens is 420 g/mol. The summed E-state index contributed by atoms with van der Waals surface area (Å²) < 4.78 is 5.94. The maximum absolute atomic E-state index is 12.5. The van der Waals surface area contributed by atoms with Gasteiger partial charge in [-0.2, -0.15) is 25.3 Å². The minimum Gasteiger partial charge on any atom is -0.504 e. The number of carbonyl (C=O) groups excluding carboxylic acids is 1. The Balaban J connectivity index is 1.77. The molecule has 1 aromatic heterocycles. The highest BCUT2D eigenvalue weighted by Gasteiger charge is 2.31. The molecule has 2 heterocycles. The average Bonchev–Trinajstić information content (AvgIpc) is 3.21. The number of hydrogen-bond donors (Lipinski definition) is 2. The fourth-order valence-corrected chi connectivity index (χ4v) is 3.89. The molecule has 0 fully saturated rings. The van der Waals surface area contributed by atoms with Gasteiger partial charge in [-0.3, -0.25) is 0 Å². The molecule has 10 heteroatoms. The summed E-state index contributed by atoms with van der Waals surface area (Å²) in [6, 6.07) is 3.05. The SMILES string of the molecule is C=C1NC(=O)N(c2cc(Cl)c(Oc3ncc(O)c(C(C)C)n3)c3c2CCC3)N=C1C#N. The molecule has 2 aliphatic rings. The quantitative estimate of drug-likeness (QED) is 0.738. The van der Waals surface area contributed by atoms with Crippen LogP contribution in [0.2, 0.25) is 5.02 Å². The summed E-state index contributed by atoms with van der Waals surface area (Å²) in [7, 11) is 0. The topological polar surface area (TPSA) is 124 Å². The monoisotopic (exact) mass is 438 g/mol. The zero-order chi connectivity index (χ0) is 22.3. The molecule has 4 rings (SSSR count). The Morgan fingerprint density at radius 3 is 2.84 bits per heavy atom. The second kappa shape index (κ2) is 7.89. The zero-order valence-electron chi connectivity index (χ0n) is 16.9. The van der Waals surface area contributed by atoms with Crippen molar-refractivity contribution in [2.45, 2.75) is 39.0 Å². The minimum absolute atomic E-state index is 0.00196. The van der Waals surface area contributed by atoms with Crippen molar-refractivity contribution >= 4 is 29.0 Å². The third-order valence-electron chi connectivity index (χ3n) is 5.07. The summed E-state index contributed by atoms with van der Waals surface area (Å²) in [5.74, 6) is 0.385. The number of nitrogens with zero attached hydrogens (tertiary/aromatic N) is 5. The predicted octanol–water partition coefficient (Wildman–Crippen LogP) is 4.16. The van der Waals surface area contributed by atoms with Crippen molar-refractivity contribution < 1.29 is 14.6 Å². The van der Waals surface area contributed by atoms with Crippen molar-refractivity contribution in [1.82, 2.24) is 15.3 Å². The first-order chi connectivity index (χ1) is 14.8. The third-order valence-corrected chi connectivity index (χ3v) is 5.35. The highest BCUT2D eigenvalue weighted by atomic mass is 35.5. The second-order valence-electron chi connectivity index (χ2n) is 7.48. The van der Waals surface area contributed by atoms with Gasteiger partial charge in [-0.05, 0) is 36.8 Å². The second-order valence-corrected chi connectivity index (χ2v) is 7.89. The molecule has 0 atom stereocenters. The zero-order valence-corrected chi connectivity index (χ0v) is 17.7. The Hall–Kier alpha value is -3.64. The van der Waals surface area contributed by atoms with Crippen molar-refractivity contribution in [3.8, 4) is 23.6 Å². The number of hydrazone groups is 1. The van der Waals surface area contributed by atoms with Crippen LogP contribution in [0.4, 0.5) is 10.5 Å². The van der Waals surface area contributed by atoms with Gasteiger partial charge in [0.1, 0.15) is 6.07 Å². The van der Waals surface area contributed by atoms with Crippen LogP contribution < -0.4 is 15.1 Å². The van der Waals surface area contributed by atoms with E-state index in [4.69, 9.17) is 16.3 Å². The Morgan fingerprint density at radius 1 is 1.39 bits per heavy atom. The fraction of sp³-hybridized carbons (Fsp3) is 0.286. The van der Waals surface area contributed by atoms with Gasteiger partial charge < -0.3 is 15.2 Å². The van der Waals surface area contributed by atoms with Crippen molar-refractivity contribution in [2.75, 3.05) is 5.01 Å². The van der Waals surface area contributed by atoms with Crippen LogP contribution in [-0.4, -0.2) is 26.8 Å². The summed E-state index contributed by atoms with van der Waals surface area (Å²) in [4.78, 5) is 20.9. The van der Waals surface area contributed by atoms with E-state index in [0.717, 1.165) is 22.6 Å². The maximum Gasteiger partial charge on any atom is 0.347 e. The molecule has 0 bridgehead atoms. The molecule has 158 valence electrons. The van der Waals surface area contributed by atoms with E-state index in [-0.39, 0.29) is 34.1 Å². The Labute approximate surface area is 183 Å². The normalized spacial score (nSPS) is 15.5. The van der Waals surface area contributed by atoms with Crippen LogP contribution in [0.5, 0.6) is 17.5 Å². The number of halogens is 1. The number of nitrogens with one attached hydrogen (secondary N) is 1. The van der Waals surface area contributed by atoms with E-state index in [1.807, 2.05) is 19.9 Å². The molecule has 2 N–H and O–H groups in total. The average molecular weight is 439 g/mol. The van der Waals surface area contributed by atoms with E-state index >= 15 is 0 Å². The smallest absolute Gasteiger partial charge is 0.347 e. The number of hydrogen-bond acceptors (Lipinski definition) is 7. The Bertz CT molecular complexity index is 1180. The first-order valence-corrected chi connectivity index (χ1v) is 10.0. The van der Waals surface area contributed by atoms with E-state index in [0.29, 0.717) is 30.0 Å². The molecule has 2 aromatic rings. The molecule has 0 radical (unpaired) electrons. The van der Waals surface area contributed by atoms with Gasteiger partial charge in [0.05, 0.1) is 28.3 Å². The van der Waals surface area contributed by atoms with Gasteiger partial charge in [0.25, 0.3) is 0 Å². The van der Waals surface area contributed by atoms with Gasteiger partial charge in [0.2, 0.25) is 0 Å². The van der Waals surface area contributed by atoms with E-state index in [2.05, 4.69) is 27.0 Å². The van der Waals surface area contributed by atoms with Gasteiger partial charge in [-0.1, -0.05) is 32.0 Å². The molecule has 0 saturated heterocycles. The number of allylic oxidation sites excluding steroid dienone is 1. The number of ether oxygens (including phenoxy) is 1. The molecule has 0 spiro atoms. The lowest BCUT2D eigenvalue weighted by atomic mass is 10.1. The van der Waals surface area contributed by atoms with Crippen molar-refractivity contribution in [3.05, 3.63) is 46.4 Å². The van der Waals surface area contributed by atoms with Crippen LogP contribution in [0.3, 0.4) is 0 Å². The first kappa shape index (κ1) is 20.6. The number of aromatic hydroxyl groups is 1. The van der Waals surface area contributed by atoms with Gasteiger partial charge in [0, 0.05) is 5.56 Å². The van der Waals surface area contributed by atoms with Crippen LogP contribution in [0.25, 0.3) is 0 Å². The maximum atomic E-state index is 12.5. The van der Waals surface area contributed by atoms with E-state index in [1.165, 1.54) is 6.20 Å². The number of fused-ring (bicyclic) bond motifs is 1. The highest BCUT2D eigenvalue weighted by molar-refractivity contribution is 6.32. The number of rotatable bonds is 4. The molecule has 1 aliphatic carbocycles. The lowest BCUT2D eigenvalue weighted by Gasteiger charge is -2.26. The van der Waals surface area contributed by atoms with Crippen LogP contribution in [0, 0.1) is 11.3 Å². The molecule has 31 heavy (non-hydrogen) atoms. The number of aromatic nitrogens is 2. The first-order valence-electron chi connectivity index (χ1n) is 9.67. The molecule has 9 nitrogen and oxygen atoms in total. The molecular formula is C21H19ClN6O3. The van der Waals surface area contributed by atoms with E-state index < -0.39 is 6.03 Å². The number of nitriles is 1. The summed E-state index contributed by atoms with van der Waals surface area (Å²) in [5, 5.41) is 27.3. The molecule has 2 amide bonds. The van der Waals surface area contributed by atoms with Crippen LogP contribution >= 0.6 is 11.6 Å². The van der Waals surface area contributed by atoms with E-state index in [9.17, 15) is 15.2 Å². The summed E-state index contributed by atoms with van der Waals surface area (Å²) in [5.41, 5.74) is 2.80. The Morgan fingerprint density at radius 2 is 2.13 bits per heavy atom. The van der Waals surface area contributed by atoms with Gasteiger partial charge in [0.15, 0.2) is 17.2 Å². The van der Waals surface area contributed by atoms with Crippen molar-refractivity contribution in [1.29, 1.82) is 5.26 Å². The number of anilines is 1. The van der Waals surface area contributed by atoms with Gasteiger partial charge in [-0.25, -0.2) is 4.79 Å². The number of carbonyl (C=O) groups is 1. The van der Waals surface area contributed by atoms with Crippen LogP contribution in [0.15, 0.2) is 29.6 Å². The molecule has 0 unspecified atom stereocenters. The van der Waals surface area contributed by atoms with Crippen molar-refractivity contribution in [3.63, 3.8) is 0 Å². The standard InChI is InChI=1S/C21H19ClN6O3/c1-10(2)18-17(29)9-24-20(26-18)31-19-13-6-4-5-12(13)16(7-14(19)22)28-21(30)25-11(3)15(8-23)27-28/h7,9-10,29H,3-6H2,1-2H3,(H,25,30). The largest absolute Gasteiger partial charge is 0.504 e. The number of amides is 2. The number of benzene rings is 1. The number of urea groups is 1. The van der Waals surface area contributed by atoms with Crippen LogP contribution in [-0.2, 0) is 12.8 Å². The predicted molar refractivity (Wildman–Crippen MR) is 115 cm³/mol. The highest BCUT2D eigenvalue weighted by Crippen LogP contribution is 2.44. The summed E-state index contributed by atoms with van der Waals surface area (Å²) >= 11 is 6.54. The summed E-state index contributed by atoms with van der Waals surface area (Å²) in [6.07, 6.45) is 3.51. The molecule has 1 aliphatic heterocycles. The van der Waals surface area contributed by atoms with Crippen LogP contribution in [0.1, 0.15) is 43.0 Å². The van der Waals surface area contributed by atoms with E-state index in [1.54, 1.807) is 6.07 Å². The lowest BCUT2D eigenvalue weighted by molar-refractivity contribution is 0.248. The lowest BCUT2D eigenvalue weighted by Crippen LogP contribution is -2.43. The molecule has 0 saturated carbocycles. The third kappa shape index (κ3) is 3.66. The van der Waals surface area contributed by atoms with Gasteiger partial charge >= 0.3 is 12.0 Å².